The molecular formula is C16H15N3O. The minimum absolute atomic E-state index is 0.632. The van der Waals surface area contributed by atoms with Gasteiger partial charge >= 0.3 is 0 Å². The van der Waals surface area contributed by atoms with Gasteiger partial charge in [0.15, 0.2) is 0 Å². The van der Waals surface area contributed by atoms with Crippen molar-refractivity contribution < 1.29 is 5.11 Å². The maximum atomic E-state index is 10.5. The van der Waals surface area contributed by atoms with Gasteiger partial charge in [0.25, 0.3) is 0 Å². The van der Waals surface area contributed by atoms with Crippen LogP contribution in [0.5, 0.6) is 0 Å². The normalized spacial score (nSPS) is 12.2. The van der Waals surface area contributed by atoms with Crippen LogP contribution in [-0.2, 0) is 0 Å². The Hall–Kier alpha value is -2.59. The second-order valence-electron chi connectivity index (χ2n) is 4.58. The summed E-state index contributed by atoms with van der Waals surface area (Å²) in [5, 5.41) is 14.8. The zero-order valence-corrected chi connectivity index (χ0v) is 10.8. The molecule has 0 saturated heterocycles. The fourth-order valence-corrected chi connectivity index (χ4v) is 2.21. The standard InChI is InChI=1S/C16H15N3O/c17-13-6-4-5-12(11-13)16(20)15-9-10-18-19(15)14-7-2-1-3-8-14/h1-11,16,20H,17H2. The fraction of sp³-hybridized carbons (Fsp3) is 0.0625. The molecule has 20 heavy (non-hydrogen) atoms. The Labute approximate surface area is 117 Å². The fourth-order valence-electron chi connectivity index (χ4n) is 2.21. The molecule has 0 fully saturated rings. The molecular weight excluding hydrogens is 250 g/mol. The number of aliphatic hydroxyl groups excluding tert-OH is 1. The van der Waals surface area contributed by atoms with Crippen LogP contribution in [0.25, 0.3) is 5.69 Å². The number of nitrogens with two attached hydrogens (primary N) is 1. The van der Waals surface area contributed by atoms with Gasteiger partial charge in [-0.1, -0.05) is 30.3 Å². The minimum atomic E-state index is -0.763. The number of para-hydroxylation sites is 1. The molecule has 0 radical (unpaired) electrons. The molecule has 1 heterocycles. The van der Waals surface area contributed by atoms with Gasteiger partial charge in [-0.15, -0.1) is 0 Å². The van der Waals surface area contributed by atoms with E-state index >= 15 is 0 Å². The highest BCUT2D eigenvalue weighted by Gasteiger charge is 2.16. The van der Waals surface area contributed by atoms with E-state index in [2.05, 4.69) is 5.10 Å². The van der Waals surface area contributed by atoms with Crippen molar-refractivity contribution in [1.29, 1.82) is 0 Å². The van der Waals surface area contributed by atoms with Crippen molar-refractivity contribution in [3.05, 3.63) is 78.1 Å². The molecule has 4 heteroatoms. The number of nitrogen functional groups attached to an aromatic ring is 1. The lowest BCUT2D eigenvalue weighted by molar-refractivity contribution is 0.212. The summed E-state index contributed by atoms with van der Waals surface area (Å²) in [6, 6.07) is 18.8. The number of rotatable bonds is 3. The summed E-state index contributed by atoms with van der Waals surface area (Å²) in [4.78, 5) is 0. The number of hydrogen-bond acceptors (Lipinski definition) is 3. The van der Waals surface area contributed by atoms with Crippen molar-refractivity contribution >= 4 is 5.69 Å². The van der Waals surface area contributed by atoms with Crippen LogP contribution >= 0.6 is 0 Å². The summed E-state index contributed by atoms with van der Waals surface area (Å²) in [6.07, 6.45) is 0.916. The molecule has 0 aliphatic rings. The predicted molar refractivity (Wildman–Crippen MR) is 78.5 cm³/mol. The lowest BCUT2D eigenvalue weighted by Gasteiger charge is -2.14. The average Bonchev–Trinajstić information content (AvgIpc) is 2.97. The van der Waals surface area contributed by atoms with E-state index in [0.29, 0.717) is 11.4 Å². The Morgan fingerprint density at radius 1 is 1.00 bits per heavy atom. The van der Waals surface area contributed by atoms with E-state index < -0.39 is 6.10 Å². The van der Waals surface area contributed by atoms with Gasteiger partial charge in [0.2, 0.25) is 0 Å². The lowest BCUT2D eigenvalue weighted by atomic mass is 10.1. The van der Waals surface area contributed by atoms with E-state index in [9.17, 15) is 5.11 Å². The van der Waals surface area contributed by atoms with Crippen LogP contribution in [0.3, 0.4) is 0 Å². The van der Waals surface area contributed by atoms with Gasteiger partial charge in [-0.2, -0.15) is 5.10 Å². The Bertz CT molecular complexity index is 707. The van der Waals surface area contributed by atoms with E-state index in [4.69, 9.17) is 5.73 Å². The molecule has 0 spiro atoms. The van der Waals surface area contributed by atoms with Crippen LogP contribution < -0.4 is 5.73 Å². The Morgan fingerprint density at radius 2 is 1.80 bits per heavy atom. The molecule has 4 nitrogen and oxygen atoms in total. The van der Waals surface area contributed by atoms with Gasteiger partial charge in [-0.3, -0.25) is 0 Å². The van der Waals surface area contributed by atoms with Crippen LogP contribution in [0.1, 0.15) is 17.4 Å². The molecule has 2 aromatic carbocycles. The smallest absolute Gasteiger partial charge is 0.121 e. The van der Waals surface area contributed by atoms with E-state index in [1.54, 1.807) is 29.1 Å². The number of anilines is 1. The van der Waals surface area contributed by atoms with Crippen LogP contribution in [-0.4, -0.2) is 14.9 Å². The Balaban J connectivity index is 2.02. The molecule has 3 aromatic rings. The first-order valence-electron chi connectivity index (χ1n) is 6.38. The predicted octanol–water partition coefficient (Wildman–Crippen LogP) is 2.54. The SMILES string of the molecule is Nc1cccc(C(O)c2ccnn2-c2ccccc2)c1. The maximum absolute atomic E-state index is 10.5. The second kappa shape index (κ2) is 5.19. The van der Waals surface area contributed by atoms with Crippen molar-refractivity contribution in [1.82, 2.24) is 9.78 Å². The van der Waals surface area contributed by atoms with E-state index in [-0.39, 0.29) is 0 Å². The van der Waals surface area contributed by atoms with Crippen LogP contribution in [0.15, 0.2) is 66.9 Å². The number of hydrogen-bond donors (Lipinski definition) is 2. The zero-order valence-electron chi connectivity index (χ0n) is 10.8. The van der Waals surface area contributed by atoms with E-state index in [1.165, 1.54) is 0 Å². The molecule has 100 valence electrons. The third-order valence-corrected chi connectivity index (χ3v) is 3.18. The van der Waals surface area contributed by atoms with Gasteiger partial charge in [0.05, 0.1) is 11.4 Å². The van der Waals surface area contributed by atoms with Gasteiger partial charge < -0.3 is 10.8 Å². The summed E-state index contributed by atoms with van der Waals surface area (Å²) in [6.45, 7) is 0. The monoisotopic (exact) mass is 265 g/mol. The van der Waals surface area contributed by atoms with Crippen LogP contribution in [0.2, 0.25) is 0 Å². The number of nitrogens with zero attached hydrogens (tertiary/aromatic N) is 2. The third-order valence-electron chi connectivity index (χ3n) is 3.18. The molecule has 0 aliphatic heterocycles. The maximum Gasteiger partial charge on any atom is 0.121 e. The second-order valence-corrected chi connectivity index (χ2v) is 4.58. The molecule has 1 unspecified atom stereocenters. The van der Waals surface area contributed by atoms with Gasteiger partial charge in [-0.25, -0.2) is 4.68 Å². The van der Waals surface area contributed by atoms with Crippen LogP contribution in [0.4, 0.5) is 5.69 Å². The lowest BCUT2D eigenvalue weighted by Crippen LogP contribution is -2.08. The van der Waals surface area contributed by atoms with Crippen molar-refractivity contribution in [3.8, 4) is 5.69 Å². The average molecular weight is 265 g/mol. The highest BCUT2D eigenvalue weighted by atomic mass is 16.3. The van der Waals surface area contributed by atoms with E-state index in [1.807, 2.05) is 42.5 Å². The van der Waals surface area contributed by atoms with Crippen molar-refractivity contribution in [2.24, 2.45) is 0 Å². The summed E-state index contributed by atoms with van der Waals surface area (Å²) in [7, 11) is 0. The molecule has 0 aliphatic carbocycles. The molecule has 0 bridgehead atoms. The molecule has 3 rings (SSSR count). The van der Waals surface area contributed by atoms with Crippen molar-refractivity contribution in [2.45, 2.75) is 6.10 Å². The largest absolute Gasteiger partial charge is 0.399 e. The first-order chi connectivity index (χ1) is 9.75. The molecule has 3 N–H and O–H groups in total. The number of benzene rings is 2. The summed E-state index contributed by atoms with van der Waals surface area (Å²) in [5.41, 5.74) is 8.77. The third kappa shape index (κ3) is 2.29. The molecule has 0 amide bonds. The van der Waals surface area contributed by atoms with Gasteiger partial charge in [-0.05, 0) is 35.9 Å². The van der Waals surface area contributed by atoms with Gasteiger partial charge in [0.1, 0.15) is 6.10 Å². The topological polar surface area (TPSA) is 64.1 Å². The molecule has 1 aromatic heterocycles. The number of aliphatic hydroxyl groups is 1. The summed E-state index contributed by atoms with van der Waals surface area (Å²) < 4.78 is 1.73. The summed E-state index contributed by atoms with van der Waals surface area (Å²) >= 11 is 0. The summed E-state index contributed by atoms with van der Waals surface area (Å²) in [5.74, 6) is 0. The number of aromatic nitrogens is 2. The van der Waals surface area contributed by atoms with Crippen molar-refractivity contribution in [3.63, 3.8) is 0 Å². The minimum Gasteiger partial charge on any atom is -0.399 e. The molecule has 1 atom stereocenters. The Morgan fingerprint density at radius 3 is 2.55 bits per heavy atom. The molecule has 0 saturated carbocycles. The van der Waals surface area contributed by atoms with E-state index in [0.717, 1.165) is 11.3 Å². The van der Waals surface area contributed by atoms with Gasteiger partial charge in [0, 0.05) is 11.9 Å². The highest BCUT2D eigenvalue weighted by Crippen LogP contribution is 2.24. The van der Waals surface area contributed by atoms with Crippen LogP contribution in [0, 0.1) is 0 Å². The first-order valence-corrected chi connectivity index (χ1v) is 6.38. The zero-order chi connectivity index (χ0) is 13.9. The first kappa shape index (κ1) is 12.4. The Kier molecular flexibility index (Phi) is 3.23. The van der Waals surface area contributed by atoms with Crippen molar-refractivity contribution in [2.75, 3.05) is 5.73 Å². The quantitative estimate of drug-likeness (QED) is 0.715. The highest BCUT2D eigenvalue weighted by molar-refractivity contribution is 5.43.